The first-order valence-corrected chi connectivity index (χ1v) is 7.66. The average Bonchev–Trinajstić information content (AvgIpc) is 2.18. The second-order valence-electron chi connectivity index (χ2n) is 4.19. The molecule has 0 saturated heterocycles. The van der Waals surface area contributed by atoms with Crippen molar-refractivity contribution in [1.82, 2.24) is 5.32 Å². The predicted octanol–water partition coefficient (Wildman–Crippen LogP) is 1.84. The van der Waals surface area contributed by atoms with Crippen LogP contribution in [0.15, 0.2) is 0 Å². The van der Waals surface area contributed by atoms with Crippen molar-refractivity contribution in [3.05, 3.63) is 0 Å². The molecule has 0 aliphatic carbocycles. The van der Waals surface area contributed by atoms with E-state index in [9.17, 15) is 8.42 Å². The molecule has 2 atom stereocenters. The molecule has 0 aromatic heterocycles. The predicted molar refractivity (Wildman–Crippen MR) is 65.9 cm³/mol. The molecule has 0 aliphatic rings. The third kappa shape index (κ3) is 6.15. The van der Waals surface area contributed by atoms with Gasteiger partial charge in [0.15, 0.2) is 0 Å². The van der Waals surface area contributed by atoms with E-state index in [-0.39, 0.29) is 0 Å². The minimum Gasteiger partial charge on any atom is -0.317 e. The molecule has 0 amide bonds. The third-order valence-corrected chi connectivity index (χ3v) is 4.89. The molecule has 0 heterocycles. The number of hydrogen-bond acceptors (Lipinski definition) is 3. The summed E-state index contributed by atoms with van der Waals surface area (Å²) in [6.45, 7) is 6.14. The summed E-state index contributed by atoms with van der Waals surface area (Å²) in [6, 6.07) is 0.395. The fourth-order valence-corrected chi connectivity index (χ4v) is 3.28. The molecule has 0 aromatic rings. The van der Waals surface area contributed by atoms with E-state index in [4.69, 9.17) is 0 Å². The molecule has 92 valence electrons. The van der Waals surface area contributed by atoms with Crippen LogP contribution >= 0.6 is 0 Å². The van der Waals surface area contributed by atoms with Gasteiger partial charge in [0, 0.05) is 11.8 Å². The van der Waals surface area contributed by atoms with Crippen LogP contribution in [0.2, 0.25) is 0 Å². The molecule has 0 bridgehead atoms. The molecule has 1 N–H and O–H groups in total. The Balaban J connectivity index is 4.11. The van der Waals surface area contributed by atoms with E-state index in [0.29, 0.717) is 23.5 Å². The quantitative estimate of drug-likeness (QED) is 0.698. The van der Waals surface area contributed by atoms with Gasteiger partial charge in [-0.2, -0.15) is 0 Å². The summed E-state index contributed by atoms with van der Waals surface area (Å²) >= 11 is 0. The molecule has 0 fully saturated rings. The Hall–Kier alpha value is -0.0900. The van der Waals surface area contributed by atoms with Crippen LogP contribution in [0.5, 0.6) is 0 Å². The molecule has 0 radical (unpaired) electrons. The smallest absolute Gasteiger partial charge is 0.150 e. The highest BCUT2D eigenvalue weighted by Crippen LogP contribution is 2.14. The van der Waals surface area contributed by atoms with E-state index >= 15 is 0 Å². The SMILES string of the molecule is CCCS(=O)(=O)CCC(CC)C(C)NC. The van der Waals surface area contributed by atoms with Crippen LogP contribution in [0.1, 0.15) is 40.0 Å². The number of sulfone groups is 1. The minimum absolute atomic E-state index is 0.331. The molecule has 2 unspecified atom stereocenters. The summed E-state index contributed by atoms with van der Waals surface area (Å²) in [5.74, 6) is 1.13. The second-order valence-corrected chi connectivity index (χ2v) is 6.49. The Morgan fingerprint density at radius 1 is 1.20 bits per heavy atom. The maximum absolute atomic E-state index is 11.5. The molecular formula is C11H25NO2S. The Morgan fingerprint density at radius 3 is 2.20 bits per heavy atom. The van der Waals surface area contributed by atoms with Gasteiger partial charge in [-0.25, -0.2) is 8.42 Å². The summed E-state index contributed by atoms with van der Waals surface area (Å²) < 4.78 is 23.1. The summed E-state index contributed by atoms with van der Waals surface area (Å²) in [4.78, 5) is 0. The molecule has 0 rings (SSSR count). The highest BCUT2D eigenvalue weighted by Gasteiger charge is 2.17. The lowest BCUT2D eigenvalue weighted by atomic mass is 9.96. The molecule has 0 aliphatic heterocycles. The van der Waals surface area contributed by atoms with Crippen molar-refractivity contribution in [2.45, 2.75) is 46.1 Å². The van der Waals surface area contributed by atoms with Gasteiger partial charge in [-0.1, -0.05) is 20.3 Å². The third-order valence-electron chi connectivity index (χ3n) is 3.00. The molecule has 15 heavy (non-hydrogen) atoms. The lowest BCUT2D eigenvalue weighted by Crippen LogP contribution is -2.31. The zero-order chi connectivity index (χ0) is 11.9. The summed E-state index contributed by atoms with van der Waals surface area (Å²) in [5, 5.41) is 3.19. The Kier molecular flexibility index (Phi) is 7.18. The zero-order valence-electron chi connectivity index (χ0n) is 10.4. The van der Waals surface area contributed by atoms with Crippen molar-refractivity contribution < 1.29 is 8.42 Å². The molecular weight excluding hydrogens is 210 g/mol. The van der Waals surface area contributed by atoms with Gasteiger partial charge in [-0.15, -0.1) is 0 Å². The van der Waals surface area contributed by atoms with E-state index in [1.54, 1.807) is 0 Å². The van der Waals surface area contributed by atoms with E-state index in [1.165, 1.54) is 0 Å². The van der Waals surface area contributed by atoms with Gasteiger partial charge in [0.05, 0.1) is 5.75 Å². The zero-order valence-corrected chi connectivity index (χ0v) is 11.2. The lowest BCUT2D eigenvalue weighted by molar-refractivity contribution is 0.373. The minimum atomic E-state index is -2.81. The number of nitrogens with one attached hydrogen (secondary N) is 1. The Labute approximate surface area is 94.6 Å². The van der Waals surface area contributed by atoms with Crippen LogP contribution in [-0.2, 0) is 9.84 Å². The van der Waals surface area contributed by atoms with Crippen LogP contribution in [0.25, 0.3) is 0 Å². The van der Waals surface area contributed by atoms with E-state index in [1.807, 2.05) is 14.0 Å². The van der Waals surface area contributed by atoms with E-state index < -0.39 is 9.84 Å². The van der Waals surface area contributed by atoms with Gasteiger partial charge in [-0.3, -0.25) is 0 Å². The van der Waals surface area contributed by atoms with Gasteiger partial charge in [-0.05, 0) is 32.7 Å². The number of rotatable bonds is 8. The average molecular weight is 235 g/mol. The summed E-state index contributed by atoms with van der Waals surface area (Å²) in [7, 11) is -0.882. The lowest BCUT2D eigenvalue weighted by Gasteiger charge is -2.21. The molecule has 0 saturated carbocycles. The highest BCUT2D eigenvalue weighted by atomic mass is 32.2. The summed E-state index contributed by atoms with van der Waals surface area (Å²) in [6.07, 6.45) is 2.53. The first kappa shape index (κ1) is 14.9. The van der Waals surface area contributed by atoms with Gasteiger partial charge in [0.1, 0.15) is 9.84 Å². The van der Waals surface area contributed by atoms with Crippen molar-refractivity contribution in [2.24, 2.45) is 5.92 Å². The highest BCUT2D eigenvalue weighted by molar-refractivity contribution is 7.91. The maximum Gasteiger partial charge on any atom is 0.150 e. The topological polar surface area (TPSA) is 46.2 Å². The molecule has 0 spiro atoms. The standard InChI is InChI=1S/C11H25NO2S/c1-5-8-15(13,14)9-7-11(6-2)10(3)12-4/h10-12H,5-9H2,1-4H3. The summed E-state index contributed by atoms with van der Waals surface area (Å²) in [5.41, 5.74) is 0. The van der Waals surface area contributed by atoms with E-state index in [2.05, 4.69) is 19.2 Å². The maximum atomic E-state index is 11.5. The first-order chi connectivity index (χ1) is 6.96. The van der Waals surface area contributed by atoms with Gasteiger partial charge in [0.2, 0.25) is 0 Å². The Bertz CT molecular complexity index is 249. The molecule has 3 nitrogen and oxygen atoms in total. The van der Waals surface area contributed by atoms with Crippen LogP contribution in [-0.4, -0.2) is 33.0 Å². The molecule has 0 aromatic carbocycles. The second kappa shape index (κ2) is 7.23. The van der Waals surface area contributed by atoms with Crippen molar-refractivity contribution in [3.63, 3.8) is 0 Å². The van der Waals surface area contributed by atoms with Crippen LogP contribution in [0.4, 0.5) is 0 Å². The molecule has 4 heteroatoms. The fourth-order valence-electron chi connectivity index (χ4n) is 1.79. The van der Waals surface area contributed by atoms with Crippen molar-refractivity contribution in [3.8, 4) is 0 Å². The largest absolute Gasteiger partial charge is 0.317 e. The van der Waals surface area contributed by atoms with Crippen molar-refractivity contribution >= 4 is 9.84 Å². The van der Waals surface area contributed by atoms with Crippen LogP contribution < -0.4 is 5.32 Å². The van der Waals surface area contributed by atoms with Gasteiger partial charge < -0.3 is 5.32 Å². The number of hydrogen-bond donors (Lipinski definition) is 1. The fraction of sp³-hybridized carbons (Fsp3) is 1.00. The monoisotopic (exact) mass is 235 g/mol. The van der Waals surface area contributed by atoms with E-state index in [0.717, 1.165) is 19.3 Å². The van der Waals surface area contributed by atoms with Gasteiger partial charge in [0.25, 0.3) is 0 Å². The first-order valence-electron chi connectivity index (χ1n) is 5.84. The normalized spacial score (nSPS) is 16.3. The Morgan fingerprint density at radius 2 is 1.80 bits per heavy atom. The van der Waals surface area contributed by atoms with Crippen molar-refractivity contribution in [1.29, 1.82) is 0 Å². The van der Waals surface area contributed by atoms with Crippen molar-refractivity contribution in [2.75, 3.05) is 18.6 Å². The van der Waals surface area contributed by atoms with Gasteiger partial charge >= 0.3 is 0 Å². The van der Waals surface area contributed by atoms with Crippen LogP contribution in [0, 0.1) is 5.92 Å². The van der Waals surface area contributed by atoms with Crippen LogP contribution in [0.3, 0.4) is 0 Å².